The molecule has 0 bridgehead atoms. The molecule has 0 unspecified atom stereocenters. The van der Waals surface area contributed by atoms with Crippen molar-refractivity contribution in [1.29, 1.82) is 0 Å². The molecule has 1 aromatic heterocycles. The van der Waals surface area contributed by atoms with Gasteiger partial charge in [0.05, 0.1) is 13.2 Å². The van der Waals surface area contributed by atoms with Crippen LogP contribution in [-0.4, -0.2) is 47.7 Å². The standard InChI is InChI=1S/C13H19ClN4O2/c1-13(2,3)17-11(19)9-8-15-12(14)16-10(9)18-4-6-20-7-5-18/h8H,4-7H2,1-3H3,(H,17,19). The van der Waals surface area contributed by atoms with E-state index in [0.717, 1.165) is 0 Å². The molecule has 1 saturated heterocycles. The quantitative estimate of drug-likeness (QED) is 0.838. The van der Waals surface area contributed by atoms with Crippen LogP contribution < -0.4 is 10.2 Å². The van der Waals surface area contributed by atoms with Gasteiger partial charge in [-0.05, 0) is 32.4 Å². The summed E-state index contributed by atoms with van der Waals surface area (Å²) in [7, 11) is 0. The number of ether oxygens (including phenoxy) is 1. The number of morpholine rings is 1. The zero-order chi connectivity index (χ0) is 14.8. The van der Waals surface area contributed by atoms with Crippen LogP contribution in [0.25, 0.3) is 0 Å². The second kappa shape index (κ2) is 5.93. The van der Waals surface area contributed by atoms with E-state index in [2.05, 4.69) is 15.3 Å². The summed E-state index contributed by atoms with van der Waals surface area (Å²) in [5.41, 5.74) is 0.116. The number of aromatic nitrogens is 2. The Hall–Kier alpha value is -1.40. The lowest BCUT2D eigenvalue weighted by atomic mass is 10.1. The summed E-state index contributed by atoms with van der Waals surface area (Å²) in [6.45, 7) is 8.37. The van der Waals surface area contributed by atoms with Crippen LogP contribution in [0.15, 0.2) is 6.20 Å². The molecular formula is C13H19ClN4O2. The normalized spacial score (nSPS) is 16.1. The van der Waals surface area contributed by atoms with Crippen LogP contribution in [-0.2, 0) is 4.74 Å². The molecule has 20 heavy (non-hydrogen) atoms. The van der Waals surface area contributed by atoms with Gasteiger partial charge in [0, 0.05) is 24.8 Å². The minimum Gasteiger partial charge on any atom is -0.378 e. The highest BCUT2D eigenvalue weighted by atomic mass is 35.5. The Balaban J connectivity index is 2.30. The molecule has 1 aliphatic heterocycles. The van der Waals surface area contributed by atoms with Crippen LogP contribution in [0.4, 0.5) is 5.82 Å². The fourth-order valence-corrected chi connectivity index (χ4v) is 2.07. The van der Waals surface area contributed by atoms with E-state index in [-0.39, 0.29) is 16.7 Å². The van der Waals surface area contributed by atoms with Gasteiger partial charge in [-0.2, -0.15) is 4.98 Å². The van der Waals surface area contributed by atoms with Gasteiger partial charge in [0.15, 0.2) is 0 Å². The van der Waals surface area contributed by atoms with E-state index >= 15 is 0 Å². The highest BCUT2D eigenvalue weighted by Crippen LogP contribution is 2.21. The molecule has 1 amide bonds. The molecule has 6 nitrogen and oxygen atoms in total. The van der Waals surface area contributed by atoms with E-state index in [4.69, 9.17) is 16.3 Å². The van der Waals surface area contributed by atoms with Crippen LogP contribution in [0.1, 0.15) is 31.1 Å². The van der Waals surface area contributed by atoms with E-state index < -0.39 is 0 Å². The summed E-state index contributed by atoms with van der Waals surface area (Å²) < 4.78 is 5.31. The summed E-state index contributed by atoms with van der Waals surface area (Å²) in [4.78, 5) is 22.5. The fourth-order valence-electron chi connectivity index (χ4n) is 1.94. The van der Waals surface area contributed by atoms with Crippen molar-refractivity contribution in [1.82, 2.24) is 15.3 Å². The molecule has 0 atom stereocenters. The zero-order valence-corrected chi connectivity index (χ0v) is 12.7. The third-order valence-electron chi connectivity index (χ3n) is 2.78. The van der Waals surface area contributed by atoms with Crippen molar-refractivity contribution in [3.63, 3.8) is 0 Å². The average Bonchev–Trinajstić information content (AvgIpc) is 2.37. The predicted molar refractivity (Wildman–Crippen MR) is 77.3 cm³/mol. The summed E-state index contributed by atoms with van der Waals surface area (Å²) >= 11 is 5.86. The molecule has 1 aliphatic rings. The highest BCUT2D eigenvalue weighted by Gasteiger charge is 2.23. The summed E-state index contributed by atoms with van der Waals surface area (Å²) in [6.07, 6.45) is 1.47. The van der Waals surface area contributed by atoms with Gasteiger partial charge in [-0.25, -0.2) is 4.98 Å². The molecule has 0 radical (unpaired) electrons. The van der Waals surface area contributed by atoms with Gasteiger partial charge in [0.2, 0.25) is 5.28 Å². The van der Waals surface area contributed by atoms with Crippen LogP contribution >= 0.6 is 11.6 Å². The molecule has 1 fully saturated rings. The number of carbonyl (C=O) groups excluding carboxylic acids is 1. The second-order valence-corrected chi connectivity index (χ2v) is 6.02. The Labute approximate surface area is 123 Å². The molecule has 0 aromatic carbocycles. The molecule has 2 rings (SSSR count). The lowest BCUT2D eigenvalue weighted by Crippen LogP contribution is -2.43. The fraction of sp³-hybridized carbons (Fsp3) is 0.615. The Kier molecular flexibility index (Phi) is 4.45. The van der Waals surface area contributed by atoms with E-state index in [9.17, 15) is 4.79 Å². The topological polar surface area (TPSA) is 67.4 Å². The monoisotopic (exact) mass is 298 g/mol. The number of hydrogen-bond donors (Lipinski definition) is 1. The lowest BCUT2D eigenvalue weighted by molar-refractivity contribution is 0.0917. The Morgan fingerprint density at radius 2 is 2.05 bits per heavy atom. The molecule has 0 saturated carbocycles. The Morgan fingerprint density at radius 3 is 2.65 bits per heavy atom. The first-order chi connectivity index (χ1) is 9.37. The van der Waals surface area contributed by atoms with Crippen LogP contribution in [0, 0.1) is 0 Å². The van der Waals surface area contributed by atoms with E-state index in [0.29, 0.717) is 37.7 Å². The maximum absolute atomic E-state index is 12.3. The summed E-state index contributed by atoms with van der Waals surface area (Å²) in [5.74, 6) is 0.366. The molecule has 1 N–H and O–H groups in total. The van der Waals surface area contributed by atoms with Crippen LogP contribution in [0.2, 0.25) is 5.28 Å². The number of amides is 1. The molecular weight excluding hydrogens is 280 g/mol. The molecule has 7 heteroatoms. The van der Waals surface area contributed by atoms with Gasteiger partial charge in [-0.3, -0.25) is 4.79 Å². The van der Waals surface area contributed by atoms with Crippen molar-refractivity contribution in [3.05, 3.63) is 17.0 Å². The molecule has 110 valence electrons. The largest absolute Gasteiger partial charge is 0.378 e. The molecule has 0 spiro atoms. The van der Waals surface area contributed by atoms with E-state index in [1.807, 2.05) is 25.7 Å². The Bertz CT molecular complexity index is 496. The third kappa shape index (κ3) is 3.80. The van der Waals surface area contributed by atoms with Gasteiger partial charge < -0.3 is 15.0 Å². The number of rotatable bonds is 2. The van der Waals surface area contributed by atoms with Crippen LogP contribution in [0.5, 0.6) is 0 Å². The van der Waals surface area contributed by atoms with Crippen molar-refractivity contribution < 1.29 is 9.53 Å². The lowest BCUT2D eigenvalue weighted by Gasteiger charge is -2.29. The molecule has 0 aliphatic carbocycles. The summed E-state index contributed by atoms with van der Waals surface area (Å²) in [5, 5.41) is 3.05. The van der Waals surface area contributed by atoms with Crippen molar-refractivity contribution in [2.24, 2.45) is 0 Å². The number of nitrogens with one attached hydrogen (secondary N) is 1. The van der Waals surface area contributed by atoms with Crippen molar-refractivity contribution in [3.8, 4) is 0 Å². The highest BCUT2D eigenvalue weighted by molar-refractivity contribution is 6.28. The smallest absolute Gasteiger partial charge is 0.257 e. The first kappa shape index (κ1) is 15.0. The van der Waals surface area contributed by atoms with Gasteiger partial charge in [-0.15, -0.1) is 0 Å². The van der Waals surface area contributed by atoms with Crippen molar-refractivity contribution in [2.45, 2.75) is 26.3 Å². The van der Waals surface area contributed by atoms with E-state index in [1.165, 1.54) is 6.20 Å². The maximum atomic E-state index is 12.3. The predicted octanol–water partition coefficient (Wildman–Crippen LogP) is 1.49. The van der Waals surface area contributed by atoms with Crippen molar-refractivity contribution in [2.75, 3.05) is 31.2 Å². The van der Waals surface area contributed by atoms with Crippen molar-refractivity contribution >= 4 is 23.3 Å². The number of anilines is 1. The zero-order valence-electron chi connectivity index (χ0n) is 11.9. The van der Waals surface area contributed by atoms with Gasteiger partial charge in [0.25, 0.3) is 5.91 Å². The second-order valence-electron chi connectivity index (χ2n) is 5.68. The third-order valence-corrected chi connectivity index (χ3v) is 2.97. The van der Waals surface area contributed by atoms with Crippen LogP contribution in [0.3, 0.4) is 0 Å². The average molecular weight is 299 g/mol. The number of carbonyl (C=O) groups is 1. The van der Waals surface area contributed by atoms with Gasteiger partial charge in [-0.1, -0.05) is 0 Å². The summed E-state index contributed by atoms with van der Waals surface area (Å²) in [6, 6.07) is 0. The number of halogens is 1. The number of hydrogen-bond acceptors (Lipinski definition) is 5. The molecule has 2 heterocycles. The van der Waals surface area contributed by atoms with E-state index in [1.54, 1.807) is 0 Å². The minimum absolute atomic E-state index is 0.138. The van der Waals surface area contributed by atoms with Gasteiger partial charge in [0.1, 0.15) is 11.4 Å². The molecule has 1 aromatic rings. The Morgan fingerprint density at radius 1 is 1.40 bits per heavy atom. The first-order valence-corrected chi connectivity index (χ1v) is 6.92. The van der Waals surface area contributed by atoms with Gasteiger partial charge >= 0.3 is 0 Å². The number of nitrogens with zero attached hydrogens (tertiary/aromatic N) is 3. The maximum Gasteiger partial charge on any atom is 0.257 e. The SMILES string of the molecule is CC(C)(C)NC(=O)c1cnc(Cl)nc1N1CCOCC1. The first-order valence-electron chi connectivity index (χ1n) is 6.54. The minimum atomic E-state index is -0.320.